The first-order chi connectivity index (χ1) is 8.70. The van der Waals surface area contributed by atoms with Gasteiger partial charge in [-0.2, -0.15) is 0 Å². The van der Waals surface area contributed by atoms with Crippen LogP contribution in [0.3, 0.4) is 0 Å². The second kappa shape index (κ2) is 6.01. The summed E-state index contributed by atoms with van der Waals surface area (Å²) in [5, 5.41) is 10.2. The molecule has 0 saturated carbocycles. The van der Waals surface area contributed by atoms with E-state index in [0.717, 1.165) is 12.8 Å². The van der Waals surface area contributed by atoms with Crippen LogP contribution >= 0.6 is 0 Å². The summed E-state index contributed by atoms with van der Waals surface area (Å²) in [6.07, 6.45) is 6.59. The molecule has 0 aromatic heterocycles. The number of allylic oxidation sites excluding steroid dienone is 1. The molecule has 0 bridgehead atoms. The Morgan fingerprint density at radius 1 is 1.39 bits per heavy atom. The minimum absolute atomic E-state index is 0.345. The molecule has 1 aliphatic rings. The molecule has 1 atom stereocenters. The lowest BCUT2D eigenvalue weighted by Crippen LogP contribution is -2.04. The Kier molecular flexibility index (Phi) is 4.37. The van der Waals surface area contributed by atoms with E-state index < -0.39 is 6.10 Å². The van der Waals surface area contributed by atoms with Gasteiger partial charge in [0.1, 0.15) is 11.6 Å². The molecule has 0 amide bonds. The van der Waals surface area contributed by atoms with Gasteiger partial charge in [-0.05, 0) is 50.3 Å². The summed E-state index contributed by atoms with van der Waals surface area (Å²) in [7, 11) is 1.53. The third-order valence-electron chi connectivity index (χ3n) is 3.39. The van der Waals surface area contributed by atoms with Crippen LogP contribution in [-0.4, -0.2) is 12.2 Å². The van der Waals surface area contributed by atoms with Crippen molar-refractivity contribution in [3.05, 3.63) is 41.2 Å². The van der Waals surface area contributed by atoms with Crippen LogP contribution in [0.4, 0.5) is 4.39 Å². The van der Waals surface area contributed by atoms with Crippen LogP contribution in [-0.2, 0) is 0 Å². The van der Waals surface area contributed by atoms with Gasteiger partial charge in [-0.1, -0.05) is 11.6 Å². The lowest BCUT2D eigenvalue weighted by Gasteiger charge is -2.18. The van der Waals surface area contributed by atoms with Gasteiger partial charge in [-0.15, -0.1) is 0 Å². The lowest BCUT2D eigenvalue weighted by atomic mass is 9.92. The van der Waals surface area contributed by atoms with Crippen molar-refractivity contribution in [1.29, 1.82) is 0 Å². The van der Waals surface area contributed by atoms with Gasteiger partial charge in [0.05, 0.1) is 13.2 Å². The van der Waals surface area contributed by atoms with Crippen molar-refractivity contribution in [2.45, 2.75) is 38.2 Å². The highest BCUT2D eigenvalue weighted by atomic mass is 19.1. The SMILES string of the molecule is COc1ccc(F)cc1C(O)CC1=CCCCC1. The Labute approximate surface area is 107 Å². The van der Waals surface area contributed by atoms with E-state index in [1.165, 1.54) is 37.7 Å². The fraction of sp³-hybridized carbons (Fsp3) is 0.467. The van der Waals surface area contributed by atoms with Gasteiger partial charge < -0.3 is 9.84 Å². The summed E-state index contributed by atoms with van der Waals surface area (Å²) in [5.41, 5.74) is 1.80. The molecule has 0 radical (unpaired) electrons. The number of ether oxygens (including phenoxy) is 1. The van der Waals surface area contributed by atoms with Crippen molar-refractivity contribution >= 4 is 0 Å². The number of methoxy groups -OCH3 is 1. The molecule has 0 saturated heterocycles. The minimum atomic E-state index is -0.694. The first kappa shape index (κ1) is 13.1. The van der Waals surface area contributed by atoms with E-state index in [-0.39, 0.29) is 5.82 Å². The van der Waals surface area contributed by atoms with E-state index in [1.54, 1.807) is 6.07 Å². The third-order valence-corrected chi connectivity index (χ3v) is 3.39. The zero-order valence-electron chi connectivity index (χ0n) is 10.7. The van der Waals surface area contributed by atoms with Crippen molar-refractivity contribution in [1.82, 2.24) is 0 Å². The molecule has 1 aliphatic carbocycles. The van der Waals surface area contributed by atoms with Crippen molar-refractivity contribution in [2.75, 3.05) is 7.11 Å². The summed E-state index contributed by atoms with van der Waals surface area (Å²) >= 11 is 0. The fourth-order valence-corrected chi connectivity index (χ4v) is 2.41. The largest absolute Gasteiger partial charge is 0.496 e. The Hall–Kier alpha value is -1.35. The van der Waals surface area contributed by atoms with Crippen LogP contribution in [0.5, 0.6) is 5.75 Å². The maximum absolute atomic E-state index is 13.2. The maximum atomic E-state index is 13.2. The van der Waals surface area contributed by atoms with Crippen LogP contribution in [0, 0.1) is 5.82 Å². The molecule has 0 aliphatic heterocycles. The highest BCUT2D eigenvalue weighted by molar-refractivity contribution is 5.36. The Bertz CT molecular complexity index is 440. The summed E-state index contributed by atoms with van der Waals surface area (Å²) in [4.78, 5) is 0. The maximum Gasteiger partial charge on any atom is 0.124 e. The highest BCUT2D eigenvalue weighted by Gasteiger charge is 2.16. The number of aliphatic hydroxyl groups excluding tert-OH is 1. The van der Waals surface area contributed by atoms with Crippen molar-refractivity contribution in [3.63, 3.8) is 0 Å². The summed E-state index contributed by atoms with van der Waals surface area (Å²) in [5.74, 6) is 0.197. The predicted octanol–water partition coefficient (Wildman–Crippen LogP) is 3.76. The van der Waals surface area contributed by atoms with Crippen molar-refractivity contribution in [2.24, 2.45) is 0 Å². The number of rotatable bonds is 4. The van der Waals surface area contributed by atoms with Gasteiger partial charge in [0.2, 0.25) is 0 Å². The lowest BCUT2D eigenvalue weighted by molar-refractivity contribution is 0.171. The molecule has 1 N–H and O–H groups in total. The molecule has 0 heterocycles. The van der Waals surface area contributed by atoms with Gasteiger partial charge in [-0.3, -0.25) is 0 Å². The fourth-order valence-electron chi connectivity index (χ4n) is 2.41. The quantitative estimate of drug-likeness (QED) is 0.824. The first-order valence-corrected chi connectivity index (χ1v) is 6.40. The van der Waals surface area contributed by atoms with Crippen LogP contribution in [0.15, 0.2) is 29.8 Å². The van der Waals surface area contributed by atoms with Crippen molar-refractivity contribution < 1.29 is 14.2 Å². The zero-order valence-corrected chi connectivity index (χ0v) is 10.7. The van der Waals surface area contributed by atoms with Crippen LogP contribution < -0.4 is 4.74 Å². The van der Waals surface area contributed by atoms with E-state index in [2.05, 4.69) is 6.08 Å². The normalized spacial score (nSPS) is 17.2. The van der Waals surface area contributed by atoms with E-state index in [4.69, 9.17) is 4.74 Å². The zero-order chi connectivity index (χ0) is 13.0. The Balaban J connectivity index is 2.14. The standard InChI is InChI=1S/C15H19FO2/c1-18-15-8-7-12(16)10-13(15)14(17)9-11-5-3-2-4-6-11/h5,7-8,10,14,17H,2-4,6,9H2,1H3. The number of hydrogen-bond acceptors (Lipinski definition) is 2. The first-order valence-electron chi connectivity index (χ1n) is 6.40. The molecule has 0 fully saturated rings. The molecule has 3 heteroatoms. The monoisotopic (exact) mass is 250 g/mol. The smallest absolute Gasteiger partial charge is 0.124 e. The van der Waals surface area contributed by atoms with Crippen LogP contribution in [0.25, 0.3) is 0 Å². The molecule has 18 heavy (non-hydrogen) atoms. The average molecular weight is 250 g/mol. The minimum Gasteiger partial charge on any atom is -0.496 e. The summed E-state index contributed by atoms with van der Waals surface area (Å²) in [6.45, 7) is 0. The number of aliphatic hydroxyl groups is 1. The van der Waals surface area contributed by atoms with E-state index >= 15 is 0 Å². The molecule has 1 unspecified atom stereocenters. The molecule has 98 valence electrons. The highest BCUT2D eigenvalue weighted by Crippen LogP contribution is 2.32. The summed E-state index contributed by atoms with van der Waals surface area (Å²) in [6, 6.07) is 4.25. The summed E-state index contributed by atoms with van der Waals surface area (Å²) < 4.78 is 18.4. The van der Waals surface area contributed by atoms with E-state index in [1.807, 2.05) is 0 Å². The second-order valence-electron chi connectivity index (χ2n) is 4.71. The topological polar surface area (TPSA) is 29.5 Å². The second-order valence-corrected chi connectivity index (χ2v) is 4.71. The third kappa shape index (κ3) is 3.10. The Morgan fingerprint density at radius 2 is 2.22 bits per heavy atom. The van der Waals surface area contributed by atoms with Gasteiger partial charge in [0, 0.05) is 5.56 Å². The molecule has 0 spiro atoms. The molecule has 2 nitrogen and oxygen atoms in total. The van der Waals surface area contributed by atoms with Gasteiger partial charge >= 0.3 is 0 Å². The van der Waals surface area contributed by atoms with Gasteiger partial charge in [0.25, 0.3) is 0 Å². The van der Waals surface area contributed by atoms with Gasteiger partial charge in [-0.25, -0.2) is 4.39 Å². The number of benzene rings is 1. The molecule has 1 aromatic carbocycles. The van der Waals surface area contributed by atoms with Crippen LogP contribution in [0.2, 0.25) is 0 Å². The average Bonchev–Trinajstić information content (AvgIpc) is 2.40. The van der Waals surface area contributed by atoms with E-state index in [0.29, 0.717) is 17.7 Å². The molecule has 2 rings (SSSR count). The number of halogens is 1. The predicted molar refractivity (Wildman–Crippen MR) is 69.1 cm³/mol. The molecule has 1 aromatic rings. The number of hydrogen-bond donors (Lipinski definition) is 1. The van der Waals surface area contributed by atoms with Crippen LogP contribution in [0.1, 0.15) is 43.8 Å². The van der Waals surface area contributed by atoms with E-state index in [9.17, 15) is 9.50 Å². The molecular formula is C15H19FO2. The molecular weight excluding hydrogens is 231 g/mol. The Morgan fingerprint density at radius 3 is 2.89 bits per heavy atom. The van der Waals surface area contributed by atoms with Gasteiger partial charge in [0.15, 0.2) is 0 Å². The van der Waals surface area contributed by atoms with Crippen molar-refractivity contribution in [3.8, 4) is 5.75 Å².